The molecule has 0 fully saturated rings. The lowest BCUT2D eigenvalue weighted by molar-refractivity contribution is 0.0471. The summed E-state index contributed by atoms with van der Waals surface area (Å²) in [5.41, 5.74) is 2.09. The first-order valence-corrected chi connectivity index (χ1v) is 8.15. The number of aryl methyl sites for hydroxylation is 2. The van der Waals surface area contributed by atoms with Crippen LogP contribution >= 0.6 is 0 Å². The van der Waals surface area contributed by atoms with Crippen molar-refractivity contribution in [1.82, 2.24) is 0 Å². The van der Waals surface area contributed by atoms with Crippen molar-refractivity contribution in [2.45, 2.75) is 39.2 Å². The van der Waals surface area contributed by atoms with E-state index in [0.29, 0.717) is 12.8 Å². The van der Waals surface area contributed by atoms with E-state index in [4.69, 9.17) is 0 Å². The quantitative estimate of drug-likeness (QED) is 0.893. The highest BCUT2D eigenvalue weighted by atomic mass is 32.2. The standard InChI is InChI=1S/C14H22O3S/c1-11-8-12(2)10-13(9-11)14(3,15)6-5-7-18(4,16)17/h8-10,15H,5-7H2,1-4H3. The Morgan fingerprint density at radius 2 is 1.67 bits per heavy atom. The average Bonchev–Trinajstić information content (AvgIpc) is 2.13. The number of hydrogen-bond acceptors (Lipinski definition) is 3. The van der Waals surface area contributed by atoms with E-state index in [1.165, 1.54) is 6.26 Å². The molecular weight excluding hydrogens is 248 g/mol. The molecule has 0 amide bonds. The van der Waals surface area contributed by atoms with Gasteiger partial charge in [0.2, 0.25) is 0 Å². The molecule has 0 saturated carbocycles. The van der Waals surface area contributed by atoms with E-state index < -0.39 is 15.4 Å². The van der Waals surface area contributed by atoms with Gasteiger partial charge in [-0.1, -0.05) is 29.3 Å². The molecule has 0 saturated heterocycles. The van der Waals surface area contributed by atoms with E-state index in [-0.39, 0.29) is 5.75 Å². The second-order valence-electron chi connectivity index (χ2n) is 5.38. The van der Waals surface area contributed by atoms with Gasteiger partial charge in [0.15, 0.2) is 0 Å². The molecule has 1 atom stereocenters. The van der Waals surface area contributed by atoms with E-state index in [9.17, 15) is 13.5 Å². The zero-order chi connectivity index (χ0) is 14.0. The van der Waals surface area contributed by atoms with Gasteiger partial charge in [0.25, 0.3) is 0 Å². The van der Waals surface area contributed by atoms with Gasteiger partial charge in [-0.25, -0.2) is 8.42 Å². The van der Waals surface area contributed by atoms with Crippen LogP contribution in [0.1, 0.15) is 36.5 Å². The van der Waals surface area contributed by atoms with E-state index >= 15 is 0 Å². The second kappa shape index (κ2) is 5.41. The molecule has 0 spiro atoms. The first-order chi connectivity index (χ1) is 8.10. The van der Waals surface area contributed by atoms with Gasteiger partial charge in [-0.3, -0.25) is 0 Å². The van der Waals surface area contributed by atoms with E-state index in [0.717, 1.165) is 16.7 Å². The van der Waals surface area contributed by atoms with Crippen LogP contribution < -0.4 is 0 Å². The first kappa shape index (κ1) is 15.2. The number of sulfone groups is 1. The molecular formula is C14H22O3S. The Hall–Kier alpha value is -0.870. The molecule has 0 aromatic heterocycles. The zero-order valence-corrected chi connectivity index (χ0v) is 12.3. The van der Waals surface area contributed by atoms with Crippen LogP contribution in [0, 0.1) is 13.8 Å². The molecule has 1 N–H and O–H groups in total. The fraction of sp³-hybridized carbons (Fsp3) is 0.571. The predicted octanol–water partition coefficient (Wildman–Crippen LogP) is 2.34. The minimum atomic E-state index is -2.96. The van der Waals surface area contributed by atoms with Gasteiger partial charge in [-0.2, -0.15) is 0 Å². The summed E-state index contributed by atoms with van der Waals surface area (Å²) < 4.78 is 22.2. The van der Waals surface area contributed by atoms with Gasteiger partial charge in [-0.05, 0) is 39.2 Å². The number of aliphatic hydroxyl groups is 1. The van der Waals surface area contributed by atoms with Crippen molar-refractivity contribution in [1.29, 1.82) is 0 Å². The lowest BCUT2D eigenvalue weighted by Gasteiger charge is -2.24. The summed E-state index contributed by atoms with van der Waals surface area (Å²) >= 11 is 0. The van der Waals surface area contributed by atoms with Crippen molar-refractivity contribution in [3.8, 4) is 0 Å². The van der Waals surface area contributed by atoms with Crippen molar-refractivity contribution in [3.63, 3.8) is 0 Å². The van der Waals surface area contributed by atoms with Crippen LogP contribution in [0.2, 0.25) is 0 Å². The highest BCUT2D eigenvalue weighted by molar-refractivity contribution is 7.90. The van der Waals surface area contributed by atoms with Crippen LogP contribution in [-0.4, -0.2) is 25.5 Å². The molecule has 1 rings (SSSR count). The fourth-order valence-corrected chi connectivity index (χ4v) is 2.78. The molecule has 18 heavy (non-hydrogen) atoms. The van der Waals surface area contributed by atoms with E-state index in [2.05, 4.69) is 6.07 Å². The summed E-state index contributed by atoms with van der Waals surface area (Å²) in [7, 11) is -2.96. The average molecular weight is 270 g/mol. The molecule has 4 heteroatoms. The van der Waals surface area contributed by atoms with Crippen molar-refractivity contribution < 1.29 is 13.5 Å². The Labute approximate surface area is 110 Å². The SMILES string of the molecule is Cc1cc(C)cc(C(C)(O)CCCS(C)(=O)=O)c1. The van der Waals surface area contributed by atoms with Crippen molar-refractivity contribution in [2.75, 3.05) is 12.0 Å². The molecule has 0 aliphatic carbocycles. The maximum absolute atomic E-state index is 11.1. The highest BCUT2D eigenvalue weighted by Crippen LogP contribution is 2.27. The molecule has 0 bridgehead atoms. The second-order valence-corrected chi connectivity index (χ2v) is 7.64. The van der Waals surface area contributed by atoms with Gasteiger partial charge >= 0.3 is 0 Å². The molecule has 1 aromatic carbocycles. The van der Waals surface area contributed by atoms with Gasteiger partial charge in [0.1, 0.15) is 9.84 Å². The van der Waals surface area contributed by atoms with Crippen molar-refractivity contribution in [3.05, 3.63) is 34.9 Å². The summed E-state index contributed by atoms with van der Waals surface area (Å²) in [6.45, 7) is 5.72. The normalized spacial score (nSPS) is 15.4. The first-order valence-electron chi connectivity index (χ1n) is 6.09. The number of rotatable bonds is 5. The summed E-state index contributed by atoms with van der Waals surface area (Å²) in [5, 5.41) is 10.4. The fourth-order valence-electron chi connectivity index (χ4n) is 2.11. The minimum Gasteiger partial charge on any atom is -0.385 e. The van der Waals surface area contributed by atoms with E-state index in [1.54, 1.807) is 6.92 Å². The molecule has 0 radical (unpaired) electrons. The third kappa shape index (κ3) is 4.78. The van der Waals surface area contributed by atoms with Crippen LogP contribution in [0.5, 0.6) is 0 Å². The molecule has 1 aromatic rings. The molecule has 1 unspecified atom stereocenters. The Morgan fingerprint density at radius 1 is 1.17 bits per heavy atom. The third-order valence-corrected chi connectivity index (χ3v) is 4.05. The van der Waals surface area contributed by atoms with Gasteiger partial charge in [0.05, 0.1) is 5.60 Å². The van der Waals surface area contributed by atoms with Crippen molar-refractivity contribution >= 4 is 9.84 Å². The van der Waals surface area contributed by atoms with Gasteiger partial charge in [-0.15, -0.1) is 0 Å². The Morgan fingerprint density at radius 3 is 2.11 bits per heavy atom. The van der Waals surface area contributed by atoms with Crippen LogP contribution in [0.15, 0.2) is 18.2 Å². The van der Waals surface area contributed by atoms with Crippen LogP contribution in [0.25, 0.3) is 0 Å². The lowest BCUT2D eigenvalue weighted by Crippen LogP contribution is -2.22. The Balaban J connectivity index is 2.79. The smallest absolute Gasteiger partial charge is 0.147 e. The van der Waals surface area contributed by atoms with E-state index in [1.807, 2.05) is 26.0 Å². The predicted molar refractivity (Wildman–Crippen MR) is 74.4 cm³/mol. The van der Waals surface area contributed by atoms with Crippen LogP contribution in [0.4, 0.5) is 0 Å². The van der Waals surface area contributed by atoms with Gasteiger partial charge in [0, 0.05) is 12.0 Å². The topological polar surface area (TPSA) is 54.4 Å². The van der Waals surface area contributed by atoms with Gasteiger partial charge < -0.3 is 5.11 Å². The largest absolute Gasteiger partial charge is 0.385 e. The van der Waals surface area contributed by atoms with Crippen LogP contribution in [0.3, 0.4) is 0 Å². The molecule has 3 nitrogen and oxygen atoms in total. The Bertz CT molecular complexity index is 496. The summed E-state index contributed by atoms with van der Waals surface area (Å²) in [4.78, 5) is 0. The zero-order valence-electron chi connectivity index (χ0n) is 11.5. The summed E-state index contributed by atoms with van der Waals surface area (Å²) in [5.74, 6) is 0.119. The summed E-state index contributed by atoms with van der Waals surface area (Å²) in [6, 6.07) is 5.96. The number of hydrogen-bond donors (Lipinski definition) is 1. The number of benzene rings is 1. The molecule has 102 valence electrons. The molecule has 0 aliphatic heterocycles. The lowest BCUT2D eigenvalue weighted by atomic mass is 9.89. The molecule has 0 heterocycles. The summed E-state index contributed by atoms with van der Waals surface area (Å²) in [6.07, 6.45) is 2.14. The monoisotopic (exact) mass is 270 g/mol. The Kier molecular flexibility index (Phi) is 4.56. The maximum atomic E-state index is 11.1. The highest BCUT2D eigenvalue weighted by Gasteiger charge is 2.23. The van der Waals surface area contributed by atoms with Crippen molar-refractivity contribution in [2.24, 2.45) is 0 Å². The van der Waals surface area contributed by atoms with Crippen LogP contribution in [-0.2, 0) is 15.4 Å². The maximum Gasteiger partial charge on any atom is 0.147 e. The minimum absolute atomic E-state index is 0.119. The molecule has 0 aliphatic rings. The third-order valence-electron chi connectivity index (χ3n) is 3.02.